The Hall–Kier alpha value is -1.72. The third-order valence-corrected chi connectivity index (χ3v) is 7.09. The average Bonchev–Trinajstić information content (AvgIpc) is 2.92. The number of rotatable bonds is 3. The van der Waals surface area contributed by atoms with E-state index in [0.29, 0.717) is 47.8 Å². The molecule has 0 atom stereocenters. The van der Waals surface area contributed by atoms with Crippen LogP contribution in [0, 0.1) is 13.8 Å². The molecule has 0 bridgehead atoms. The van der Waals surface area contributed by atoms with Crippen LogP contribution in [0.1, 0.15) is 11.5 Å². The van der Waals surface area contributed by atoms with Gasteiger partial charge in [-0.15, -0.1) is 0 Å². The first-order valence-electron chi connectivity index (χ1n) is 7.63. The fourth-order valence-corrected chi connectivity index (χ4v) is 5.19. The molecule has 0 spiro atoms. The molecule has 1 aliphatic heterocycles. The summed E-state index contributed by atoms with van der Waals surface area (Å²) in [6.07, 6.45) is 1.60. The second-order valence-electron chi connectivity index (χ2n) is 5.82. The van der Waals surface area contributed by atoms with Crippen LogP contribution in [0.3, 0.4) is 0 Å². The molecule has 0 N–H and O–H groups in total. The number of nitrogens with zero attached hydrogens (tertiary/aromatic N) is 5. The number of aryl methyl sites for hydroxylation is 3. The first-order valence-corrected chi connectivity index (χ1v) is 9.86. The summed E-state index contributed by atoms with van der Waals surface area (Å²) in [5.41, 5.74) is 0.791. The third-order valence-electron chi connectivity index (χ3n) is 4.20. The normalized spacial score (nSPS) is 16.4. The SMILES string of the molecule is Cc1noc(C)c1S(=O)(=O)N1CCN(c2cnn(C)c(=O)c2Br)CC1. The highest BCUT2D eigenvalue weighted by atomic mass is 79.9. The second-order valence-corrected chi connectivity index (χ2v) is 8.48. The molecule has 2 aromatic rings. The van der Waals surface area contributed by atoms with E-state index in [4.69, 9.17) is 4.52 Å². The standard InChI is InChI=1S/C14H18BrN5O4S/c1-9-13(10(2)24-17-9)25(22,23)20-6-4-19(5-7-20)11-8-16-18(3)14(21)12(11)15/h8H,4-7H2,1-3H3. The quantitative estimate of drug-likeness (QED) is 0.702. The van der Waals surface area contributed by atoms with E-state index in [1.165, 1.54) is 8.99 Å². The highest BCUT2D eigenvalue weighted by molar-refractivity contribution is 9.10. The fourth-order valence-electron chi connectivity index (χ4n) is 2.86. The molecule has 9 nitrogen and oxygen atoms in total. The Morgan fingerprint density at radius 1 is 1.20 bits per heavy atom. The van der Waals surface area contributed by atoms with E-state index in [0.717, 1.165) is 0 Å². The van der Waals surface area contributed by atoms with Crippen molar-refractivity contribution < 1.29 is 12.9 Å². The van der Waals surface area contributed by atoms with Crippen molar-refractivity contribution in [1.29, 1.82) is 0 Å². The summed E-state index contributed by atoms with van der Waals surface area (Å²) in [5.74, 6) is 0.290. The molecule has 0 saturated carbocycles. The van der Waals surface area contributed by atoms with Crippen molar-refractivity contribution in [3.05, 3.63) is 32.5 Å². The van der Waals surface area contributed by atoms with Gasteiger partial charge in [-0.3, -0.25) is 4.79 Å². The van der Waals surface area contributed by atoms with Gasteiger partial charge in [0, 0.05) is 33.2 Å². The maximum Gasteiger partial charge on any atom is 0.282 e. The number of anilines is 1. The fraction of sp³-hybridized carbons (Fsp3) is 0.500. The minimum Gasteiger partial charge on any atom is -0.367 e. The molecular formula is C14H18BrN5O4S. The Kier molecular flexibility index (Phi) is 4.73. The largest absolute Gasteiger partial charge is 0.367 e. The number of hydrogen-bond acceptors (Lipinski definition) is 7. The number of hydrogen-bond donors (Lipinski definition) is 0. The zero-order valence-electron chi connectivity index (χ0n) is 14.1. The summed E-state index contributed by atoms with van der Waals surface area (Å²) >= 11 is 3.30. The van der Waals surface area contributed by atoms with Gasteiger partial charge in [0.1, 0.15) is 15.1 Å². The van der Waals surface area contributed by atoms with Gasteiger partial charge in [0.15, 0.2) is 5.76 Å². The summed E-state index contributed by atoms with van der Waals surface area (Å²) in [7, 11) is -2.08. The van der Waals surface area contributed by atoms with Crippen LogP contribution in [0.5, 0.6) is 0 Å². The van der Waals surface area contributed by atoms with Gasteiger partial charge in [-0.2, -0.15) is 9.40 Å². The van der Waals surface area contributed by atoms with Crippen molar-refractivity contribution in [1.82, 2.24) is 19.2 Å². The van der Waals surface area contributed by atoms with Gasteiger partial charge in [-0.1, -0.05) is 5.16 Å². The van der Waals surface area contributed by atoms with Crippen molar-refractivity contribution >= 4 is 31.6 Å². The van der Waals surface area contributed by atoms with Crippen LogP contribution in [0.2, 0.25) is 0 Å². The first kappa shape index (κ1) is 18.1. The highest BCUT2D eigenvalue weighted by Gasteiger charge is 2.33. The minimum atomic E-state index is -3.65. The summed E-state index contributed by atoms with van der Waals surface area (Å²) in [4.78, 5) is 14.1. The molecule has 3 heterocycles. The van der Waals surface area contributed by atoms with Crippen LogP contribution in [-0.4, -0.2) is 53.8 Å². The molecule has 136 valence electrons. The Balaban J connectivity index is 1.81. The number of halogens is 1. The lowest BCUT2D eigenvalue weighted by molar-refractivity contribution is 0.378. The Morgan fingerprint density at radius 3 is 2.40 bits per heavy atom. The topological polar surface area (TPSA) is 102 Å². The molecule has 3 rings (SSSR count). The van der Waals surface area contributed by atoms with E-state index in [2.05, 4.69) is 26.2 Å². The lowest BCUT2D eigenvalue weighted by atomic mass is 10.3. The van der Waals surface area contributed by atoms with Crippen LogP contribution < -0.4 is 10.5 Å². The number of piperazine rings is 1. The molecule has 25 heavy (non-hydrogen) atoms. The first-order chi connectivity index (χ1) is 11.7. The Morgan fingerprint density at radius 2 is 1.84 bits per heavy atom. The third kappa shape index (κ3) is 3.11. The van der Waals surface area contributed by atoms with Crippen molar-refractivity contribution in [3.8, 4) is 0 Å². The van der Waals surface area contributed by atoms with E-state index in [1.54, 1.807) is 27.1 Å². The predicted molar refractivity (Wildman–Crippen MR) is 94.1 cm³/mol. The Labute approximate surface area is 153 Å². The van der Waals surface area contributed by atoms with Crippen molar-refractivity contribution in [2.75, 3.05) is 31.1 Å². The zero-order chi connectivity index (χ0) is 18.4. The average molecular weight is 432 g/mol. The molecule has 0 unspecified atom stereocenters. The summed E-state index contributed by atoms with van der Waals surface area (Å²) in [6, 6.07) is 0. The van der Waals surface area contributed by atoms with Crippen LogP contribution in [0.15, 0.2) is 24.9 Å². The van der Waals surface area contributed by atoms with Gasteiger partial charge in [0.25, 0.3) is 5.56 Å². The molecule has 0 radical (unpaired) electrons. The monoisotopic (exact) mass is 431 g/mol. The molecule has 1 saturated heterocycles. The van der Waals surface area contributed by atoms with Gasteiger partial charge < -0.3 is 9.42 Å². The lowest BCUT2D eigenvalue weighted by Crippen LogP contribution is -2.49. The van der Waals surface area contributed by atoms with E-state index in [9.17, 15) is 13.2 Å². The molecule has 1 fully saturated rings. The van der Waals surface area contributed by atoms with Crippen LogP contribution in [0.25, 0.3) is 0 Å². The summed E-state index contributed by atoms with van der Waals surface area (Å²) in [6.45, 7) is 4.71. The van der Waals surface area contributed by atoms with E-state index >= 15 is 0 Å². The van der Waals surface area contributed by atoms with Crippen LogP contribution in [0.4, 0.5) is 5.69 Å². The second kappa shape index (κ2) is 6.54. The molecule has 1 aliphatic rings. The van der Waals surface area contributed by atoms with Gasteiger partial charge >= 0.3 is 0 Å². The number of sulfonamides is 1. The molecule has 0 amide bonds. The van der Waals surface area contributed by atoms with Crippen LogP contribution >= 0.6 is 15.9 Å². The molecule has 0 aliphatic carbocycles. The molecular weight excluding hydrogens is 414 g/mol. The Bertz CT molecular complexity index is 941. The predicted octanol–water partition coefficient (Wildman–Crippen LogP) is 0.659. The van der Waals surface area contributed by atoms with E-state index < -0.39 is 10.0 Å². The highest BCUT2D eigenvalue weighted by Crippen LogP contribution is 2.27. The summed E-state index contributed by atoms with van der Waals surface area (Å²) in [5, 5.41) is 7.75. The maximum atomic E-state index is 12.8. The molecule has 2 aromatic heterocycles. The van der Waals surface area contributed by atoms with Crippen molar-refractivity contribution in [2.45, 2.75) is 18.7 Å². The lowest BCUT2D eigenvalue weighted by Gasteiger charge is -2.35. The van der Waals surface area contributed by atoms with Gasteiger partial charge in [0.05, 0.1) is 11.9 Å². The van der Waals surface area contributed by atoms with Crippen molar-refractivity contribution in [2.24, 2.45) is 7.05 Å². The van der Waals surface area contributed by atoms with Crippen molar-refractivity contribution in [3.63, 3.8) is 0 Å². The molecule has 11 heteroatoms. The van der Waals surface area contributed by atoms with Gasteiger partial charge in [0.2, 0.25) is 10.0 Å². The van der Waals surface area contributed by atoms with E-state index in [-0.39, 0.29) is 10.5 Å². The van der Waals surface area contributed by atoms with Crippen LogP contribution in [-0.2, 0) is 17.1 Å². The summed E-state index contributed by atoms with van der Waals surface area (Å²) < 4.78 is 33.7. The smallest absolute Gasteiger partial charge is 0.282 e. The van der Waals surface area contributed by atoms with Gasteiger partial charge in [-0.05, 0) is 29.8 Å². The minimum absolute atomic E-state index is 0.136. The maximum absolute atomic E-state index is 12.8. The molecule has 0 aromatic carbocycles. The van der Waals surface area contributed by atoms with Gasteiger partial charge in [-0.25, -0.2) is 13.1 Å². The zero-order valence-corrected chi connectivity index (χ0v) is 16.5. The number of aromatic nitrogens is 3. The van der Waals surface area contributed by atoms with E-state index in [1.807, 2.05) is 4.90 Å².